The van der Waals surface area contributed by atoms with Gasteiger partial charge in [-0.15, -0.1) is 0 Å². The third-order valence-corrected chi connectivity index (χ3v) is 5.39. The second-order valence-corrected chi connectivity index (χ2v) is 9.06. The van der Waals surface area contributed by atoms with Gasteiger partial charge in [-0.25, -0.2) is 8.42 Å². The summed E-state index contributed by atoms with van der Waals surface area (Å²) in [4.78, 5) is 12.3. The van der Waals surface area contributed by atoms with E-state index in [4.69, 9.17) is 10.7 Å². The molecule has 1 unspecified atom stereocenters. The lowest BCUT2D eigenvalue weighted by Gasteiger charge is -2.18. The topological polar surface area (TPSA) is 63.2 Å². The van der Waals surface area contributed by atoms with Gasteiger partial charge in [0.1, 0.15) is 0 Å². The number of hydrogen-bond acceptors (Lipinski definition) is 3. The van der Waals surface area contributed by atoms with Gasteiger partial charge in [0, 0.05) is 22.3 Å². The average Bonchev–Trinajstić information content (AvgIpc) is 2.67. The second kappa shape index (κ2) is 5.61. The van der Waals surface area contributed by atoms with Crippen LogP contribution in [0.15, 0.2) is 23.1 Å². The lowest BCUT2D eigenvalue weighted by Crippen LogP contribution is -2.34. The van der Waals surface area contributed by atoms with Gasteiger partial charge in [-0.1, -0.05) is 19.9 Å². The molecule has 0 spiro atoms. The number of hydrogen-bond donors (Lipinski definition) is 1. The Morgan fingerprint density at radius 3 is 2.57 bits per heavy atom. The summed E-state index contributed by atoms with van der Waals surface area (Å²) in [6, 6.07) is 4.49. The molecule has 0 radical (unpaired) electrons. The van der Waals surface area contributed by atoms with Crippen LogP contribution >= 0.6 is 10.7 Å². The van der Waals surface area contributed by atoms with Crippen molar-refractivity contribution in [3.8, 4) is 0 Å². The van der Waals surface area contributed by atoms with Crippen molar-refractivity contribution < 1.29 is 13.2 Å². The Kier molecular flexibility index (Phi) is 4.36. The van der Waals surface area contributed by atoms with Crippen molar-refractivity contribution in [2.24, 2.45) is 5.41 Å². The molecule has 1 aliphatic carbocycles. The molecule has 0 heterocycles. The van der Waals surface area contributed by atoms with Gasteiger partial charge < -0.3 is 5.32 Å². The van der Waals surface area contributed by atoms with Gasteiger partial charge in [-0.3, -0.25) is 4.79 Å². The van der Waals surface area contributed by atoms with E-state index in [9.17, 15) is 13.2 Å². The number of amides is 1. The molecule has 1 aromatic rings. The van der Waals surface area contributed by atoms with Crippen LogP contribution in [0.4, 0.5) is 0 Å². The first-order valence-corrected chi connectivity index (χ1v) is 9.26. The van der Waals surface area contributed by atoms with E-state index in [2.05, 4.69) is 19.2 Å². The molecule has 0 aromatic heterocycles. The summed E-state index contributed by atoms with van der Waals surface area (Å²) in [5, 5.41) is 2.99. The van der Waals surface area contributed by atoms with E-state index in [1.54, 1.807) is 13.0 Å². The number of carbonyl (C=O) groups excluding carboxylic acids is 1. The molecule has 1 aromatic carbocycles. The molecule has 1 atom stereocenters. The summed E-state index contributed by atoms with van der Waals surface area (Å²) in [7, 11) is 1.51. The van der Waals surface area contributed by atoms with Crippen LogP contribution in [0.2, 0.25) is 0 Å². The number of aryl methyl sites for hydroxylation is 1. The molecule has 6 heteroatoms. The summed E-state index contributed by atoms with van der Waals surface area (Å²) in [6.07, 6.45) is 2.96. The quantitative estimate of drug-likeness (QED) is 0.866. The molecule has 2 rings (SSSR count). The van der Waals surface area contributed by atoms with Crippen LogP contribution in [-0.2, 0) is 9.05 Å². The fourth-order valence-corrected chi connectivity index (χ4v) is 3.60. The Balaban J connectivity index is 2.20. The zero-order valence-electron chi connectivity index (χ0n) is 12.4. The SMILES string of the molecule is Cc1ccc(S(=O)(=O)Cl)cc1C(=O)NC1CCC(C)(C)C1. The minimum absolute atomic E-state index is 0.0494. The van der Waals surface area contributed by atoms with Crippen molar-refractivity contribution in [3.05, 3.63) is 29.3 Å². The van der Waals surface area contributed by atoms with Gasteiger partial charge in [0.2, 0.25) is 0 Å². The third-order valence-electron chi connectivity index (χ3n) is 4.04. The van der Waals surface area contributed by atoms with E-state index in [1.807, 2.05) is 0 Å². The van der Waals surface area contributed by atoms with Crippen LogP contribution in [0.25, 0.3) is 0 Å². The first kappa shape index (κ1) is 16.3. The first-order valence-electron chi connectivity index (χ1n) is 6.95. The number of nitrogens with one attached hydrogen (secondary N) is 1. The molecule has 1 amide bonds. The lowest BCUT2D eigenvalue weighted by atomic mass is 9.92. The van der Waals surface area contributed by atoms with Crippen molar-refractivity contribution >= 4 is 25.6 Å². The van der Waals surface area contributed by atoms with Crippen LogP contribution in [0.1, 0.15) is 49.0 Å². The van der Waals surface area contributed by atoms with Crippen molar-refractivity contribution in [3.63, 3.8) is 0 Å². The molecule has 4 nitrogen and oxygen atoms in total. The van der Waals surface area contributed by atoms with E-state index in [0.29, 0.717) is 5.56 Å². The summed E-state index contributed by atoms with van der Waals surface area (Å²) in [6.45, 7) is 6.15. The predicted octanol–water partition coefficient (Wildman–Crippen LogP) is 3.23. The van der Waals surface area contributed by atoms with Crippen LogP contribution in [0.3, 0.4) is 0 Å². The molecule has 21 heavy (non-hydrogen) atoms. The highest BCUT2D eigenvalue weighted by Gasteiger charge is 2.32. The predicted molar refractivity (Wildman–Crippen MR) is 83.1 cm³/mol. The fourth-order valence-electron chi connectivity index (χ4n) is 2.82. The monoisotopic (exact) mass is 329 g/mol. The van der Waals surface area contributed by atoms with Crippen molar-refractivity contribution in [2.75, 3.05) is 0 Å². The second-order valence-electron chi connectivity index (χ2n) is 6.49. The summed E-state index contributed by atoms with van der Waals surface area (Å²) >= 11 is 0. The van der Waals surface area contributed by atoms with Crippen LogP contribution < -0.4 is 5.32 Å². The Labute approximate surface area is 130 Å². The largest absolute Gasteiger partial charge is 0.349 e. The van der Waals surface area contributed by atoms with E-state index < -0.39 is 9.05 Å². The summed E-state index contributed by atoms with van der Waals surface area (Å²) in [5.41, 5.74) is 1.34. The molecule has 0 aliphatic heterocycles. The maximum atomic E-state index is 12.4. The maximum Gasteiger partial charge on any atom is 0.261 e. The van der Waals surface area contributed by atoms with Gasteiger partial charge in [-0.2, -0.15) is 0 Å². The normalized spacial score (nSPS) is 21.2. The van der Waals surface area contributed by atoms with E-state index in [-0.39, 0.29) is 22.3 Å². The Morgan fingerprint density at radius 1 is 1.38 bits per heavy atom. The first-order chi connectivity index (χ1) is 9.58. The average molecular weight is 330 g/mol. The number of rotatable bonds is 3. The van der Waals surface area contributed by atoms with Crippen LogP contribution in [-0.4, -0.2) is 20.4 Å². The van der Waals surface area contributed by atoms with Gasteiger partial charge in [-0.05, 0) is 49.3 Å². The molecule has 1 saturated carbocycles. The van der Waals surface area contributed by atoms with Gasteiger partial charge in [0.05, 0.1) is 4.90 Å². The van der Waals surface area contributed by atoms with Crippen molar-refractivity contribution in [1.82, 2.24) is 5.32 Å². The lowest BCUT2D eigenvalue weighted by molar-refractivity contribution is 0.0935. The zero-order chi connectivity index (χ0) is 15.8. The molecule has 1 aliphatic rings. The van der Waals surface area contributed by atoms with Crippen molar-refractivity contribution in [1.29, 1.82) is 0 Å². The molecule has 0 saturated heterocycles. The highest BCUT2D eigenvalue weighted by atomic mass is 35.7. The molecular weight excluding hydrogens is 310 g/mol. The summed E-state index contributed by atoms with van der Waals surface area (Å²) in [5.74, 6) is -0.239. The fraction of sp³-hybridized carbons (Fsp3) is 0.533. The van der Waals surface area contributed by atoms with Crippen molar-refractivity contribution in [2.45, 2.75) is 51.0 Å². The van der Waals surface area contributed by atoms with Gasteiger partial charge >= 0.3 is 0 Å². The van der Waals surface area contributed by atoms with E-state index >= 15 is 0 Å². The molecular formula is C15H20ClNO3S. The minimum Gasteiger partial charge on any atom is -0.349 e. The highest BCUT2D eigenvalue weighted by Crippen LogP contribution is 2.37. The number of halogens is 1. The van der Waals surface area contributed by atoms with Gasteiger partial charge in [0.25, 0.3) is 15.0 Å². The standard InChI is InChI=1S/C15H20ClNO3S/c1-10-4-5-12(21(16,19)20)8-13(10)14(18)17-11-6-7-15(2,3)9-11/h4-5,8,11H,6-7,9H2,1-3H3,(H,17,18). The Bertz CT molecular complexity index is 667. The molecule has 1 fully saturated rings. The maximum absolute atomic E-state index is 12.4. The highest BCUT2D eigenvalue weighted by molar-refractivity contribution is 8.13. The van der Waals surface area contributed by atoms with E-state index in [1.165, 1.54) is 12.1 Å². The molecule has 116 valence electrons. The zero-order valence-corrected chi connectivity index (χ0v) is 14.0. The minimum atomic E-state index is -3.83. The smallest absolute Gasteiger partial charge is 0.261 e. The van der Waals surface area contributed by atoms with Crippen LogP contribution in [0.5, 0.6) is 0 Å². The summed E-state index contributed by atoms with van der Waals surface area (Å²) < 4.78 is 22.8. The van der Waals surface area contributed by atoms with E-state index in [0.717, 1.165) is 24.8 Å². The number of carbonyl (C=O) groups is 1. The van der Waals surface area contributed by atoms with Gasteiger partial charge in [0.15, 0.2) is 0 Å². The molecule has 0 bridgehead atoms. The van der Waals surface area contributed by atoms with Crippen LogP contribution in [0, 0.1) is 12.3 Å². The number of benzene rings is 1. The third kappa shape index (κ3) is 3.98. The molecule has 1 N–H and O–H groups in total. The Morgan fingerprint density at radius 2 is 2.05 bits per heavy atom. The Hall–Kier alpha value is -1.07.